The first-order chi connectivity index (χ1) is 16.9. The van der Waals surface area contributed by atoms with E-state index in [-0.39, 0.29) is 30.1 Å². The average Bonchev–Trinajstić information content (AvgIpc) is 3.27. The Labute approximate surface area is 211 Å². The van der Waals surface area contributed by atoms with Crippen molar-refractivity contribution in [1.82, 2.24) is 4.98 Å². The van der Waals surface area contributed by atoms with Crippen LogP contribution in [0.2, 0.25) is 0 Å². The number of nitrogens with one attached hydrogen (secondary N) is 3. The number of amides is 3. The van der Waals surface area contributed by atoms with Crippen molar-refractivity contribution in [3.05, 3.63) is 59.6 Å². The summed E-state index contributed by atoms with van der Waals surface area (Å²) in [5.41, 5.74) is 2.09. The summed E-state index contributed by atoms with van der Waals surface area (Å²) in [6, 6.07) is 13.9. The molecule has 1 heterocycles. The summed E-state index contributed by atoms with van der Waals surface area (Å²) in [6.07, 6.45) is 0. The van der Waals surface area contributed by atoms with Crippen molar-refractivity contribution in [3.63, 3.8) is 0 Å². The SMILES string of the molecule is CCOc1ccc(OCC(=O)Nc2nc(CSCC(=O)Nc3ccc(NC(C)=O)cc3)cs2)cc1. The Morgan fingerprint density at radius 2 is 1.51 bits per heavy atom. The molecule has 1 aromatic heterocycles. The first kappa shape index (κ1) is 26.0. The molecule has 0 spiro atoms. The second-order valence-corrected chi connectivity index (χ2v) is 9.03. The van der Waals surface area contributed by atoms with Gasteiger partial charge in [0.25, 0.3) is 5.91 Å². The average molecular weight is 515 g/mol. The third-order valence-corrected chi connectivity index (χ3v) is 6.05. The smallest absolute Gasteiger partial charge is 0.264 e. The molecule has 3 aromatic rings. The Bertz CT molecular complexity index is 1130. The lowest BCUT2D eigenvalue weighted by atomic mass is 10.3. The van der Waals surface area contributed by atoms with Gasteiger partial charge in [0.2, 0.25) is 11.8 Å². The maximum atomic E-state index is 12.2. The van der Waals surface area contributed by atoms with E-state index in [9.17, 15) is 14.4 Å². The molecule has 35 heavy (non-hydrogen) atoms. The lowest BCUT2D eigenvalue weighted by Crippen LogP contribution is -2.20. The van der Waals surface area contributed by atoms with E-state index in [2.05, 4.69) is 20.9 Å². The summed E-state index contributed by atoms with van der Waals surface area (Å²) in [4.78, 5) is 39.7. The molecule has 0 saturated carbocycles. The molecule has 184 valence electrons. The predicted octanol–water partition coefficient (Wildman–Crippen LogP) is 4.39. The third-order valence-electron chi connectivity index (χ3n) is 4.27. The molecule has 0 fully saturated rings. The van der Waals surface area contributed by atoms with Crippen molar-refractivity contribution < 1.29 is 23.9 Å². The Kier molecular flexibility index (Phi) is 9.93. The molecule has 3 rings (SSSR count). The number of nitrogens with zero attached hydrogens (tertiary/aromatic N) is 1. The number of hydrogen-bond donors (Lipinski definition) is 3. The van der Waals surface area contributed by atoms with Crippen LogP contribution in [0.3, 0.4) is 0 Å². The van der Waals surface area contributed by atoms with Gasteiger partial charge in [0.05, 0.1) is 18.1 Å². The standard InChI is InChI=1S/C24H26N4O5S2/c1-3-32-20-8-10-21(11-9-20)33-12-22(30)28-24-27-19(14-35-24)13-34-15-23(31)26-18-6-4-17(5-7-18)25-16(2)29/h4-11,14H,3,12-13,15H2,1-2H3,(H,25,29)(H,26,31)(H,27,28,30). The van der Waals surface area contributed by atoms with Crippen molar-refractivity contribution in [1.29, 1.82) is 0 Å². The number of thioether (sulfide) groups is 1. The number of aromatic nitrogens is 1. The topological polar surface area (TPSA) is 119 Å². The van der Waals surface area contributed by atoms with Crippen molar-refractivity contribution in [2.75, 3.05) is 34.9 Å². The molecule has 2 aromatic carbocycles. The molecule has 3 amide bonds. The van der Waals surface area contributed by atoms with Crippen LogP contribution in [0.5, 0.6) is 11.5 Å². The number of carbonyl (C=O) groups is 3. The predicted molar refractivity (Wildman–Crippen MR) is 139 cm³/mol. The van der Waals surface area contributed by atoms with Crippen molar-refractivity contribution in [2.24, 2.45) is 0 Å². The Morgan fingerprint density at radius 1 is 0.886 bits per heavy atom. The van der Waals surface area contributed by atoms with Gasteiger partial charge in [0.15, 0.2) is 11.7 Å². The lowest BCUT2D eigenvalue weighted by Gasteiger charge is -2.07. The Morgan fingerprint density at radius 3 is 2.14 bits per heavy atom. The van der Waals surface area contributed by atoms with E-state index in [0.29, 0.717) is 34.6 Å². The van der Waals surface area contributed by atoms with Gasteiger partial charge in [-0.25, -0.2) is 4.98 Å². The van der Waals surface area contributed by atoms with Gasteiger partial charge in [-0.15, -0.1) is 23.1 Å². The summed E-state index contributed by atoms with van der Waals surface area (Å²) in [5.74, 6) is 1.50. The molecule has 0 atom stereocenters. The minimum absolute atomic E-state index is 0.135. The summed E-state index contributed by atoms with van der Waals surface area (Å²) in [7, 11) is 0. The van der Waals surface area contributed by atoms with Crippen LogP contribution in [-0.4, -0.2) is 41.7 Å². The minimum Gasteiger partial charge on any atom is -0.494 e. The second kappa shape index (κ2) is 13.4. The molecule has 0 unspecified atom stereocenters. The van der Waals surface area contributed by atoms with Crippen LogP contribution >= 0.6 is 23.1 Å². The van der Waals surface area contributed by atoms with E-state index in [0.717, 1.165) is 11.4 Å². The van der Waals surface area contributed by atoms with Crippen LogP contribution in [0.15, 0.2) is 53.9 Å². The van der Waals surface area contributed by atoms with Crippen molar-refractivity contribution in [3.8, 4) is 11.5 Å². The highest BCUT2D eigenvalue weighted by Gasteiger charge is 2.09. The van der Waals surface area contributed by atoms with Gasteiger partial charge < -0.3 is 20.1 Å². The maximum absolute atomic E-state index is 12.2. The highest BCUT2D eigenvalue weighted by atomic mass is 32.2. The van der Waals surface area contributed by atoms with E-state index < -0.39 is 0 Å². The van der Waals surface area contributed by atoms with E-state index in [1.807, 2.05) is 12.3 Å². The molecule has 0 aliphatic carbocycles. The molecular formula is C24H26N4O5S2. The van der Waals surface area contributed by atoms with Gasteiger partial charge in [-0.3, -0.25) is 19.7 Å². The molecule has 0 aliphatic heterocycles. The van der Waals surface area contributed by atoms with E-state index in [1.165, 1.54) is 30.0 Å². The fraction of sp³-hybridized carbons (Fsp3) is 0.250. The molecule has 9 nitrogen and oxygen atoms in total. The number of benzene rings is 2. The van der Waals surface area contributed by atoms with Crippen molar-refractivity contribution in [2.45, 2.75) is 19.6 Å². The van der Waals surface area contributed by atoms with Crippen LogP contribution in [0.4, 0.5) is 16.5 Å². The lowest BCUT2D eigenvalue weighted by molar-refractivity contribution is -0.118. The molecular weight excluding hydrogens is 488 g/mol. The zero-order chi connectivity index (χ0) is 25.0. The number of thiazole rings is 1. The second-order valence-electron chi connectivity index (χ2n) is 7.18. The van der Waals surface area contributed by atoms with Crippen LogP contribution in [-0.2, 0) is 20.1 Å². The normalized spacial score (nSPS) is 10.3. The fourth-order valence-corrected chi connectivity index (χ4v) is 4.37. The van der Waals surface area contributed by atoms with E-state index >= 15 is 0 Å². The van der Waals surface area contributed by atoms with Gasteiger partial charge in [-0.05, 0) is 55.5 Å². The van der Waals surface area contributed by atoms with Crippen LogP contribution in [0.25, 0.3) is 0 Å². The van der Waals surface area contributed by atoms with Crippen LogP contribution in [0, 0.1) is 0 Å². The van der Waals surface area contributed by atoms with Gasteiger partial charge in [-0.1, -0.05) is 0 Å². The molecule has 11 heteroatoms. The summed E-state index contributed by atoms with van der Waals surface area (Å²) in [5, 5.41) is 10.5. The summed E-state index contributed by atoms with van der Waals surface area (Å²) >= 11 is 2.73. The number of rotatable bonds is 12. The monoisotopic (exact) mass is 514 g/mol. The zero-order valence-corrected chi connectivity index (χ0v) is 21.0. The molecule has 0 radical (unpaired) electrons. The van der Waals surface area contributed by atoms with Gasteiger partial charge in [0, 0.05) is 29.4 Å². The fourth-order valence-electron chi connectivity index (χ4n) is 2.82. The highest BCUT2D eigenvalue weighted by Crippen LogP contribution is 2.21. The van der Waals surface area contributed by atoms with E-state index in [1.54, 1.807) is 48.5 Å². The highest BCUT2D eigenvalue weighted by molar-refractivity contribution is 7.99. The third kappa shape index (κ3) is 9.30. The van der Waals surface area contributed by atoms with Gasteiger partial charge in [-0.2, -0.15) is 0 Å². The number of hydrogen-bond acceptors (Lipinski definition) is 8. The van der Waals surface area contributed by atoms with Crippen LogP contribution < -0.4 is 25.4 Å². The molecule has 0 aliphatic rings. The van der Waals surface area contributed by atoms with Crippen LogP contribution in [0.1, 0.15) is 19.5 Å². The van der Waals surface area contributed by atoms with Gasteiger partial charge >= 0.3 is 0 Å². The number of ether oxygens (including phenoxy) is 2. The number of anilines is 3. The largest absolute Gasteiger partial charge is 0.494 e. The quantitative estimate of drug-likeness (QED) is 0.328. The Balaban J connectivity index is 1.35. The van der Waals surface area contributed by atoms with Gasteiger partial charge in [0.1, 0.15) is 11.5 Å². The summed E-state index contributed by atoms with van der Waals surface area (Å²) < 4.78 is 10.9. The maximum Gasteiger partial charge on any atom is 0.264 e. The minimum atomic E-state index is -0.309. The molecule has 0 saturated heterocycles. The molecule has 3 N–H and O–H groups in total. The number of carbonyl (C=O) groups excluding carboxylic acids is 3. The molecule has 0 bridgehead atoms. The first-order valence-corrected chi connectivity index (χ1v) is 12.8. The van der Waals surface area contributed by atoms with E-state index in [4.69, 9.17) is 9.47 Å². The first-order valence-electron chi connectivity index (χ1n) is 10.8. The summed E-state index contributed by atoms with van der Waals surface area (Å²) in [6.45, 7) is 3.79. The zero-order valence-electron chi connectivity index (χ0n) is 19.3. The Hall–Kier alpha value is -3.57. The van der Waals surface area contributed by atoms with Crippen molar-refractivity contribution >= 4 is 57.3 Å².